The Labute approximate surface area is 183 Å². The first kappa shape index (κ1) is 22.4. The average Bonchev–Trinajstić information content (AvgIpc) is 2.75. The maximum Gasteiger partial charge on any atom is 0.427 e. The number of carbonyl (C=O) groups excluding carboxylic acids is 1. The number of hydrogen-bond donors (Lipinski definition) is 1. The van der Waals surface area contributed by atoms with Crippen LogP contribution in [0.1, 0.15) is 44.6 Å². The summed E-state index contributed by atoms with van der Waals surface area (Å²) in [6.07, 6.45) is 7.01. The zero-order chi connectivity index (χ0) is 21.2. The van der Waals surface area contributed by atoms with Crippen molar-refractivity contribution in [3.05, 3.63) is 58.3 Å². The van der Waals surface area contributed by atoms with Crippen LogP contribution in [0.3, 0.4) is 0 Å². The molecule has 0 aromatic heterocycles. The molecule has 30 heavy (non-hydrogen) atoms. The quantitative estimate of drug-likeness (QED) is 0.536. The van der Waals surface area contributed by atoms with Crippen molar-refractivity contribution in [1.29, 1.82) is 0 Å². The summed E-state index contributed by atoms with van der Waals surface area (Å²) < 4.78 is 10.5. The smallest absolute Gasteiger partial charge is 0.427 e. The first-order chi connectivity index (χ1) is 14.7. The summed E-state index contributed by atoms with van der Waals surface area (Å²) in [7, 11) is 0. The number of rotatable bonds is 5. The maximum absolute atomic E-state index is 11.9. The fourth-order valence-corrected chi connectivity index (χ4v) is 4.05. The van der Waals surface area contributed by atoms with Gasteiger partial charge in [-0.2, -0.15) is 5.10 Å². The van der Waals surface area contributed by atoms with Crippen LogP contribution in [0, 0.1) is 0 Å². The minimum atomic E-state index is -0.595. The molecule has 1 N–H and O–H groups in total. The van der Waals surface area contributed by atoms with Crippen molar-refractivity contribution in [1.82, 2.24) is 10.3 Å². The molecule has 1 aliphatic heterocycles. The summed E-state index contributed by atoms with van der Waals surface area (Å²) in [6.45, 7) is 5.15. The lowest BCUT2D eigenvalue weighted by atomic mass is 9.95. The zero-order valence-corrected chi connectivity index (χ0v) is 18.3. The van der Waals surface area contributed by atoms with E-state index in [0.717, 1.165) is 43.5 Å². The summed E-state index contributed by atoms with van der Waals surface area (Å²) in [6, 6.07) is 9.68. The number of halogens is 1. The predicted octanol–water partition coefficient (Wildman–Crippen LogP) is 4.81. The molecular weight excluding hydrogens is 402 g/mol. The van der Waals surface area contributed by atoms with Crippen LogP contribution in [0.4, 0.5) is 4.79 Å². The van der Waals surface area contributed by atoms with E-state index in [9.17, 15) is 4.79 Å². The molecule has 1 aromatic carbocycles. The third-order valence-electron chi connectivity index (χ3n) is 5.18. The zero-order valence-electron chi connectivity index (χ0n) is 17.5. The molecule has 0 spiro atoms. The van der Waals surface area contributed by atoms with E-state index in [2.05, 4.69) is 21.5 Å². The van der Waals surface area contributed by atoms with Crippen molar-refractivity contribution < 1.29 is 14.3 Å². The van der Waals surface area contributed by atoms with Gasteiger partial charge in [0.15, 0.2) is 0 Å². The molecule has 0 atom stereocenters. The van der Waals surface area contributed by atoms with Crippen LogP contribution < -0.4 is 5.43 Å². The van der Waals surface area contributed by atoms with Crippen molar-refractivity contribution in [2.24, 2.45) is 5.10 Å². The van der Waals surface area contributed by atoms with Gasteiger partial charge in [-0.05, 0) is 38.2 Å². The van der Waals surface area contributed by atoms with Crippen LogP contribution >= 0.6 is 11.6 Å². The number of hydrogen-bond acceptors (Lipinski definition) is 5. The molecule has 162 valence electrons. The summed E-state index contributed by atoms with van der Waals surface area (Å²) >= 11 is 7.02. The Balaban J connectivity index is 2.02. The van der Waals surface area contributed by atoms with Crippen molar-refractivity contribution in [3.63, 3.8) is 0 Å². The van der Waals surface area contributed by atoms with E-state index >= 15 is 0 Å². The second-order valence-corrected chi connectivity index (χ2v) is 7.62. The van der Waals surface area contributed by atoms with Crippen molar-refractivity contribution in [2.45, 2.75) is 39.0 Å². The number of morpholine rings is 1. The van der Waals surface area contributed by atoms with E-state index in [4.69, 9.17) is 21.1 Å². The molecule has 0 radical (unpaired) electrons. The van der Waals surface area contributed by atoms with E-state index in [1.165, 1.54) is 18.5 Å². The Morgan fingerprint density at radius 3 is 2.70 bits per heavy atom. The minimum absolute atomic E-state index is 0.279. The number of benzene rings is 1. The summed E-state index contributed by atoms with van der Waals surface area (Å²) in [4.78, 5) is 14.2. The second kappa shape index (κ2) is 11.8. The van der Waals surface area contributed by atoms with Gasteiger partial charge in [-0.25, -0.2) is 10.2 Å². The fraction of sp³-hybridized carbons (Fsp3) is 0.478. The summed E-state index contributed by atoms with van der Waals surface area (Å²) in [5.74, 6) is 0. The molecule has 1 aliphatic carbocycles. The standard InChI is InChI=1S/C23H30ClN3O3/c1-2-30-23(28)26-25-22(18-10-6-5-7-11-18)21(24)19-12-8-3-4-9-13-20(19)27-14-16-29-17-15-27/h5-7,10-11,13H,2-4,8-9,12,14-17H2,1H3,(H,26,28)/b20-13+,21-19+,25-22+. The van der Waals surface area contributed by atoms with E-state index < -0.39 is 6.09 Å². The predicted molar refractivity (Wildman–Crippen MR) is 120 cm³/mol. The van der Waals surface area contributed by atoms with E-state index in [0.29, 0.717) is 24.0 Å². The van der Waals surface area contributed by atoms with Crippen LogP contribution in [0.2, 0.25) is 0 Å². The van der Waals surface area contributed by atoms with Gasteiger partial charge < -0.3 is 14.4 Å². The van der Waals surface area contributed by atoms with Gasteiger partial charge in [-0.1, -0.05) is 54.4 Å². The van der Waals surface area contributed by atoms with Gasteiger partial charge in [-0.15, -0.1) is 0 Å². The van der Waals surface area contributed by atoms with Crippen LogP contribution in [0.5, 0.6) is 0 Å². The molecule has 1 amide bonds. The normalized spacial score (nSPS) is 21.7. The Bertz CT molecular complexity index is 799. The van der Waals surface area contributed by atoms with Crippen molar-refractivity contribution in [3.8, 4) is 0 Å². The topological polar surface area (TPSA) is 63.2 Å². The lowest BCUT2D eigenvalue weighted by Gasteiger charge is -2.33. The van der Waals surface area contributed by atoms with E-state index in [-0.39, 0.29) is 6.61 Å². The van der Waals surface area contributed by atoms with Gasteiger partial charge in [-0.3, -0.25) is 0 Å². The number of amides is 1. The third kappa shape index (κ3) is 6.09. The van der Waals surface area contributed by atoms with E-state index in [1.807, 2.05) is 30.3 Å². The molecule has 0 unspecified atom stereocenters. The molecule has 3 rings (SSSR count). The molecule has 1 saturated heterocycles. The molecule has 1 fully saturated rings. The lowest BCUT2D eigenvalue weighted by Crippen LogP contribution is -2.36. The number of ether oxygens (including phenoxy) is 2. The second-order valence-electron chi connectivity index (χ2n) is 7.24. The molecule has 0 saturated carbocycles. The molecular formula is C23H30ClN3O3. The fourth-order valence-electron chi connectivity index (χ4n) is 3.70. The Kier molecular flexibility index (Phi) is 8.78. The Morgan fingerprint density at radius 1 is 1.20 bits per heavy atom. The highest BCUT2D eigenvalue weighted by atomic mass is 35.5. The molecule has 1 aromatic rings. The van der Waals surface area contributed by atoms with Crippen LogP contribution in [-0.4, -0.2) is 49.6 Å². The highest BCUT2D eigenvalue weighted by Crippen LogP contribution is 2.32. The molecule has 7 heteroatoms. The number of nitrogens with zero attached hydrogens (tertiary/aromatic N) is 2. The van der Waals surface area contributed by atoms with Crippen molar-refractivity contribution >= 4 is 23.4 Å². The maximum atomic E-state index is 11.9. The van der Waals surface area contributed by atoms with Crippen LogP contribution in [0.25, 0.3) is 0 Å². The van der Waals surface area contributed by atoms with Gasteiger partial charge in [0.1, 0.15) is 5.71 Å². The minimum Gasteiger partial charge on any atom is -0.449 e. The van der Waals surface area contributed by atoms with Crippen LogP contribution in [0.15, 0.2) is 57.8 Å². The molecule has 0 bridgehead atoms. The van der Waals surface area contributed by atoms with Crippen LogP contribution in [-0.2, 0) is 9.47 Å². The number of carbonyl (C=O) groups is 1. The largest absolute Gasteiger partial charge is 0.449 e. The highest BCUT2D eigenvalue weighted by Gasteiger charge is 2.23. The SMILES string of the molecule is CCOC(=O)N/N=C(/C(Cl)=C1CCCCC\C=C/1N1CCOCC1)c1ccccc1. The average molecular weight is 432 g/mol. The number of allylic oxidation sites excluding steroid dienone is 3. The number of hydrazone groups is 1. The Morgan fingerprint density at radius 2 is 1.97 bits per heavy atom. The molecule has 6 nitrogen and oxygen atoms in total. The lowest BCUT2D eigenvalue weighted by molar-refractivity contribution is 0.0543. The highest BCUT2D eigenvalue weighted by molar-refractivity contribution is 6.47. The third-order valence-corrected chi connectivity index (χ3v) is 5.59. The summed E-state index contributed by atoms with van der Waals surface area (Å²) in [5, 5.41) is 4.92. The first-order valence-corrected chi connectivity index (χ1v) is 11.1. The number of nitrogens with one attached hydrogen (secondary N) is 1. The van der Waals surface area contributed by atoms with Gasteiger partial charge in [0, 0.05) is 24.4 Å². The first-order valence-electron chi connectivity index (χ1n) is 10.7. The van der Waals surface area contributed by atoms with Gasteiger partial charge in [0.2, 0.25) is 0 Å². The Hall–Kier alpha value is -2.31. The molecule has 2 aliphatic rings. The van der Waals surface area contributed by atoms with E-state index in [1.54, 1.807) is 6.92 Å². The van der Waals surface area contributed by atoms with Gasteiger partial charge >= 0.3 is 6.09 Å². The molecule has 1 heterocycles. The summed E-state index contributed by atoms with van der Waals surface area (Å²) in [5.41, 5.74) is 6.11. The van der Waals surface area contributed by atoms with Crippen molar-refractivity contribution in [2.75, 3.05) is 32.9 Å². The van der Waals surface area contributed by atoms with Gasteiger partial charge in [0.25, 0.3) is 0 Å². The monoisotopic (exact) mass is 431 g/mol. The van der Waals surface area contributed by atoms with Gasteiger partial charge in [0.05, 0.1) is 24.9 Å².